The van der Waals surface area contributed by atoms with Crippen LogP contribution in [0.3, 0.4) is 0 Å². The van der Waals surface area contributed by atoms with Gasteiger partial charge in [-0.25, -0.2) is 4.39 Å². The summed E-state index contributed by atoms with van der Waals surface area (Å²) in [5, 5.41) is 3.33. The van der Waals surface area contributed by atoms with Crippen LogP contribution in [0.1, 0.15) is 17.3 Å². The normalized spacial score (nSPS) is 20.0. The van der Waals surface area contributed by atoms with E-state index in [0.717, 1.165) is 12.6 Å². The van der Waals surface area contributed by atoms with Crippen molar-refractivity contribution in [3.05, 3.63) is 33.6 Å². The molecule has 98 valence electrons. The first-order valence-electron chi connectivity index (χ1n) is 5.66. The molecule has 2 rings (SSSR count). The van der Waals surface area contributed by atoms with Crippen molar-refractivity contribution in [2.24, 2.45) is 0 Å². The van der Waals surface area contributed by atoms with Crippen molar-refractivity contribution >= 4 is 29.1 Å². The molecule has 0 spiro atoms. The molecule has 1 atom stereocenters. The average molecular weight is 291 g/mol. The Hall–Kier alpha value is -0.840. The zero-order valence-electron chi connectivity index (χ0n) is 9.84. The van der Waals surface area contributed by atoms with Crippen LogP contribution < -0.4 is 5.32 Å². The molecule has 1 saturated heterocycles. The Kier molecular flexibility index (Phi) is 4.10. The van der Waals surface area contributed by atoms with Crippen LogP contribution in [-0.2, 0) is 0 Å². The van der Waals surface area contributed by atoms with Crippen molar-refractivity contribution in [1.82, 2.24) is 10.2 Å². The van der Waals surface area contributed by atoms with Gasteiger partial charge in [-0.05, 0) is 19.1 Å². The average Bonchev–Trinajstić information content (AvgIpc) is 2.33. The van der Waals surface area contributed by atoms with Gasteiger partial charge in [-0.3, -0.25) is 4.79 Å². The van der Waals surface area contributed by atoms with Gasteiger partial charge in [0.05, 0.1) is 15.6 Å². The standard InChI is InChI=1S/C12H13Cl2FN2O/c1-7-6-17(3-2-16-7)12(18)8-4-11(15)10(14)5-9(8)13/h4-5,7,16H,2-3,6H2,1H3/t7-/m0/s1. The van der Waals surface area contributed by atoms with Crippen LogP contribution in [0.5, 0.6) is 0 Å². The monoisotopic (exact) mass is 290 g/mol. The largest absolute Gasteiger partial charge is 0.336 e. The highest BCUT2D eigenvalue weighted by Gasteiger charge is 2.24. The predicted octanol–water partition coefficient (Wildman–Crippen LogP) is 2.57. The number of halogens is 3. The lowest BCUT2D eigenvalue weighted by Gasteiger charge is -2.32. The predicted molar refractivity (Wildman–Crippen MR) is 69.8 cm³/mol. The zero-order valence-corrected chi connectivity index (χ0v) is 11.4. The molecule has 1 fully saturated rings. The van der Waals surface area contributed by atoms with Crippen LogP contribution in [0, 0.1) is 5.82 Å². The molecule has 1 aromatic rings. The Labute approximate surface area is 115 Å². The summed E-state index contributed by atoms with van der Waals surface area (Å²) in [6.45, 7) is 3.88. The second-order valence-corrected chi connectivity index (χ2v) is 5.17. The molecule has 0 saturated carbocycles. The van der Waals surface area contributed by atoms with E-state index in [0.29, 0.717) is 13.1 Å². The second-order valence-electron chi connectivity index (χ2n) is 4.35. The minimum absolute atomic E-state index is 0.0785. The molecule has 1 N–H and O–H groups in total. The summed E-state index contributed by atoms with van der Waals surface area (Å²) < 4.78 is 13.4. The summed E-state index contributed by atoms with van der Waals surface area (Å²) in [6, 6.07) is 2.58. The molecule has 0 unspecified atom stereocenters. The van der Waals surface area contributed by atoms with E-state index < -0.39 is 5.82 Å². The summed E-state index contributed by atoms with van der Waals surface area (Å²) in [5.74, 6) is -0.892. The third kappa shape index (κ3) is 2.76. The molecule has 1 amide bonds. The number of carbonyl (C=O) groups is 1. The molecule has 0 radical (unpaired) electrons. The van der Waals surface area contributed by atoms with Gasteiger partial charge in [0, 0.05) is 25.7 Å². The molecule has 0 aliphatic carbocycles. The molecule has 1 aliphatic heterocycles. The first-order chi connectivity index (χ1) is 8.49. The molecular weight excluding hydrogens is 278 g/mol. The molecule has 3 nitrogen and oxygen atoms in total. The Balaban J connectivity index is 2.25. The number of hydrogen-bond acceptors (Lipinski definition) is 2. The topological polar surface area (TPSA) is 32.3 Å². The van der Waals surface area contributed by atoms with Crippen LogP contribution >= 0.6 is 23.2 Å². The lowest BCUT2D eigenvalue weighted by atomic mass is 10.1. The maximum absolute atomic E-state index is 13.4. The first kappa shape index (κ1) is 13.6. The fraction of sp³-hybridized carbons (Fsp3) is 0.417. The number of rotatable bonds is 1. The third-order valence-corrected chi connectivity index (χ3v) is 3.50. The summed E-state index contributed by atoms with van der Waals surface area (Å²) in [7, 11) is 0. The van der Waals surface area contributed by atoms with Crippen molar-refractivity contribution < 1.29 is 9.18 Å². The fourth-order valence-corrected chi connectivity index (χ4v) is 2.44. The number of nitrogens with zero attached hydrogens (tertiary/aromatic N) is 1. The fourth-order valence-electron chi connectivity index (χ4n) is 1.97. The molecule has 0 bridgehead atoms. The Bertz CT molecular complexity index is 481. The molecule has 0 aromatic heterocycles. The SMILES string of the molecule is C[C@H]1CN(C(=O)c2cc(F)c(Cl)cc2Cl)CCN1. The van der Waals surface area contributed by atoms with E-state index in [9.17, 15) is 9.18 Å². The molecule has 1 aromatic carbocycles. The van der Waals surface area contributed by atoms with E-state index in [1.54, 1.807) is 4.90 Å². The Morgan fingerprint density at radius 3 is 2.83 bits per heavy atom. The van der Waals surface area contributed by atoms with Crippen molar-refractivity contribution in [1.29, 1.82) is 0 Å². The van der Waals surface area contributed by atoms with Crippen LogP contribution in [0.2, 0.25) is 10.0 Å². The highest BCUT2D eigenvalue weighted by Crippen LogP contribution is 2.25. The first-order valence-corrected chi connectivity index (χ1v) is 6.42. The summed E-state index contributed by atoms with van der Waals surface area (Å²) in [4.78, 5) is 13.9. The van der Waals surface area contributed by atoms with Crippen LogP contribution in [0.15, 0.2) is 12.1 Å². The van der Waals surface area contributed by atoms with Gasteiger partial charge in [0.1, 0.15) is 5.82 Å². The van der Waals surface area contributed by atoms with E-state index >= 15 is 0 Å². The van der Waals surface area contributed by atoms with Crippen LogP contribution in [0.4, 0.5) is 4.39 Å². The van der Waals surface area contributed by atoms with Crippen LogP contribution in [-0.4, -0.2) is 36.5 Å². The van der Waals surface area contributed by atoms with E-state index in [4.69, 9.17) is 23.2 Å². The van der Waals surface area contributed by atoms with Gasteiger partial charge in [0.25, 0.3) is 5.91 Å². The highest BCUT2D eigenvalue weighted by molar-refractivity contribution is 6.36. The molecule has 1 heterocycles. The van der Waals surface area contributed by atoms with Crippen molar-refractivity contribution in [2.45, 2.75) is 13.0 Å². The van der Waals surface area contributed by atoms with Gasteiger partial charge in [-0.2, -0.15) is 0 Å². The molecule has 18 heavy (non-hydrogen) atoms. The van der Waals surface area contributed by atoms with Gasteiger partial charge < -0.3 is 10.2 Å². The Morgan fingerprint density at radius 1 is 1.44 bits per heavy atom. The van der Waals surface area contributed by atoms with Gasteiger partial charge >= 0.3 is 0 Å². The van der Waals surface area contributed by atoms with Crippen LogP contribution in [0.25, 0.3) is 0 Å². The van der Waals surface area contributed by atoms with Crippen molar-refractivity contribution in [3.8, 4) is 0 Å². The smallest absolute Gasteiger partial charge is 0.255 e. The summed E-state index contributed by atoms with van der Waals surface area (Å²) in [6.07, 6.45) is 0. The van der Waals surface area contributed by atoms with Gasteiger partial charge in [-0.15, -0.1) is 0 Å². The number of nitrogens with one attached hydrogen (secondary N) is 1. The molecular formula is C12H13Cl2FN2O. The maximum Gasteiger partial charge on any atom is 0.255 e. The number of piperazine rings is 1. The molecule has 1 aliphatic rings. The van der Waals surface area contributed by atoms with E-state index in [2.05, 4.69) is 5.32 Å². The number of hydrogen-bond donors (Lipinski definition) is 1. The van der Waals surface area contributed by atoms with E-state index in [-0.39, 0.29) is 27.6 Å². The van der Waals surface area contributed by atoms with Crippen molar-refractivity contribution in [2.75, 3.05) is 19.6 Å². The minimum atomic E-state index is -0.632. The van der Waals surface area contributed by atoms with Gasteiger partial charge in [0.2, 0.25) is 0 Å². The number of benzene rings is 1. The number of amides is 1. The van der Waals surface area contributed by atoms with Gasteiger partial charge in [0.15, 0.2) is 0 Å². The minimum Gasteiger partial charge on any atom is -0.336 e. The Morgan fingerprint density at radius 2 is 2.17 bits per heavy atom. The van der Waals surface area contributed by atoms with E-state index in [1.165, 1.54) is 6.07 Å². The van der Waals surface area contributed by atoms with E-state index in [1.807, 2.05) is 6.92 Å². The highest BCUT2D eigenvalue weighted by atomic mass is 35.5. The summed E-state index contributed by atoms with van der Waals surface area (Å²) >= 11 is 11.5. The van der Waals surface area contributed by atoms with Gasteiger partial charge in [-0.1, -0.05) is 23.2 Å². The maximum atomic E-state index is 13.4. The molecule has 6 heteroatoms. The second kappa shape index (κ2) is 5.43. The van der Waals surface area contributed by atoms with Crippen molar-refractivity contribution in [3.63, 3.8) is 0 Å². The number of carbonyl (C=O) groups excluding carboxylic acids is 1. The summed E-state index contributed by atoms with van der Waals surface area (Å²) in [5.41, 5.74) is 0.160. The zero-order chi connectivity index (χ0) is 13.3. The lowest BCUT2D eigenvalue weighted by Crippen LogP contribution is -2.51. The lowest BCUT2D eigenvalue weighted by molar-refractivity contribution is 0.0709. The third-order valence-electron chi connectivity index (χ3n) is 2.90. The quantitative estimate of drug-likeness (QED) is 0.807.